The number of hydrogen-bond acceptors (Lipinski definition) is 3. The summed E-state index contributed by atoms with van der Waals surface area (Å²) < 4.78 is 0. The molecule has 0 heterocycles. The van der Waals surface area contributed by atoms with Crippen LogP contribution in [0, 0.1) is 46.3 Å². The van der Waals surface area contributed by atoms with Crippen LogP contribution in [0.25, 0.3) is 0 Å². The molecule has 0 aromatic heterocycles. The topological polar surface area (TPSA) is 49.7 Å². The van der Waals surface area contributed by atoms with Gasteiger partial charge in [-0.05, 0) is 104 Å². The van der Waals surface area contributed by atoms with Crippen molar-refractivity contribution in [2.45, 2.75) is 104 Å². The summed E-state index contributed by atoms with van der Waals surface area (Å²) in [6, 6.07) is 0. The molecule has 0 aromatic rings. The van der Waals surface area contributed by atoms with Crippen molar-refractivity contribution < 1.29 is 15.3 Å². The van der Waals surface area contributed by atoms with Crippen LogP contribution >= 0.6 is 0 Å². The van der Waals surface area contributed by atoms with Crippen LogP contribution in [0.2, 0.25) is 0 Å². The molecule has 0 aromatic carbocycles. The Labute approximate surface area is 184 Å². The van der Waals surface area contributed by atoms with Crippen molar-refractivity contribution in [2.75, 3.05) is 6.61 Å². The van der Waals surface area contributed by atoms with Gasteiger partial charge in [0.05, 0.1) is 12.7 Å². The Kier molecular flexibility index (Phi) is 6.74. The second-order valence-corrected chi connectivity index (χ2v) is 12.2. The van der Waals surface area contributed by atoms with Crippen molar-refractivity contribution in [3.05, 3.63) is 11.6 Å². The zero-order valence-corrected chi connectivity index (χ0v) is 19.9. The molecular weight excluding hydrogens is 372 g/mol. The van der Waals surface area contributed by atoms with Crippen molar-refractivity contribution in [1.29, 1.82) is 0 Å². The molecule has 3 fully saturated rings. The summed E-state index contributed by atoms with van der Waals surface area (Å²) in [6.07, 6.45) is 16.2. The first-order chi connectivity index (χ1) is 14.3. The molecule has 0 aliphatic heterocycles. The van der Waals surface area contributed by atoms with Crippen LogP contribution in [-0.4, -0.2) is 23.1 Å². The Morgan fingerprint density at radius 3 is 2.63 bits per heavy atom. The number of allylic oxidation sites excluding steroid dienone is 1. The lowest BCUT2D eigenvalue weighted by Gasteiger charge is -2.58. The molecule has 1 unspecified atom stereocenters. The van der Waals surface area contributed by atoms with Crippen LogP contribution in [0.5, 0.6) is 0 Å². The van der Waals surface area contributed by atoms with Crippen molar-refractivity contribution in [1.82, 2.24) is 0 Å². The van der Waals surface area contributed by atoms with Gasteiger partial charge >= 0.3 is 0 Å². The Balaban J connectivity index is 1.42. The van der Waals surface area contributed by atoms with Crippen LogP contribution < -0.4 is 0 Å². The van der Waals surface area contributed by atoms with E-state index in [9.17, 15) is 5.11 Å². The van der Waals surface area contributed by atoms with Gasteiger partial charge in [0.2, 0.25) is 0 Å². The van der Waals surface area contributed by atoms with Crippen LogP contribution in [0.1, 0.15) is 98.3 Å². The molecule has 0 amide bonds. The van der Waals surface area contributed by atoms with Gasteiger partial charge in [-0.25, -0.2) is 4.89 Å². The molecule has 0 bridgehead atoms. The molecule has 3 saturated carbocycles. The van der Waals surface area contributed by atoms with E-state index in [2.05, 4.69) is 38.7 Å². The molecule has 30 heavy (non-hydrogen) atoms. The van der Waals surface area contributed by atoms with Gasteiger partial charge in [0, 0.05) is 0 Å². The first kappa shape index (κ1) is 22.8. The fourth-order valence-corrected chi connectivity index (χ4v) is 8.82. The minimum atomic E-state index is -0.0990. The number of rotatable bonds is 7. The number of fused-ring (bicyclic) bond motifs is 5. The van der Waals surface area contributed by atoms with Crippen LogP contribution in [-0.2, 0) is 4.89 Å². The lowest BCUT2D eigenvalue weighted by Crippen LogP contribution is -2.50. The van der Waals surface area contributed by atoms with Gasteiger partial charge in [0.1, 0.15) is 0 Å². The predicted molar refractivity (Wildman–Crippen MR) is 122 cm³/mol. The van der Waals surface area contributed by atoms with E-state index < -0.39 is 0 Å². The highest BCUT2D eigenvalue weighted by molar-refractivity contribution is 5.25. The van der Waals surface area contributed by atoms with E-state index in [0.717, 1.165) is 48.9 Å². The van der Waals surface area contributed by atoms with Crippen molar-refractivity contribution in [3.63, 3.8) is 0 Å². The number of aliphatic hydroxyl groups excluding tert-OH is 1. The van der Waals surface area contributed by atoms with Gasteiger partial charge < -0.3 is 5.11 Å². The maximum atomic E-state index is 10.2. The molecular formula is C27H46O3. The van der Waals surface area contributed by atoms with Crippen LogP contribution in [0.3, 0.4) is 0 Å². The van der Waals surface area contributed by atoms with E-state index in [1.54, 1.807) is 5.57 Å². The zero-order chi connectivity index (χ0) is 21.5. The predicted octanol–water partition coefficient (Wildman–Crippen LogP) is 6.86. The highest BCUT2D eigenvalue weighted by atomic mass is 17.1. The highest BCUT2D eigenvalue weighted by Gasteiger charge is 2.59. The van der Waals surface area contributed by atoms with Gasteiger partial charge in [0.25, 0.3) is 0 Å². The molecule has 9 atom stereocenters. The van der Waals surface area contributed by atoms with E-state index in [-0.39, 0.29) is 6.10 Å². The fraction of sp³-hybridized carbons (Fsp3) is 0.926. The maximum absolute atomic E-state index is 10.2. The second kappa shape index (κ2) is 8.87. The fourth-order valence-electron chi connectivity index (χ4n) is 8.82. The number of aliphatic hydroxyl groups is 1. The lowest BCUT2D eigenvalue weighted by molar-refractivity contribution is -0.250. The van der Waals surface area contributed by atoms with Crippen LogP contribution in [0.15, 0.2) is 11.6 Å². The largest absolute Gasteiger partial charge is 0.393 e. The summed E-state index contributed by atoms with van der Waals surface area (Å²) in [5.41, 5.74) is 2.48. The van der Waals surface area contributed by atoms with Crippen LogP contribution in [0.4, 0.5) is 0 Å². The zero-order valence-electron chi connectivity index (χ0n) is 19.9. The smallest absolute Gasteiger partial charge is 0.0845 e. The first-order valence-electron chi connectivity index (χ1n) is 12.9. The molecule has 0 radical (unpaired) electrons. The summed E-state index contributed by atoms with van der Waals surface area (Å²) >= 11 is 0. The van der Waals surface area contributed by atoms with E-state index in [0.29, 0.717) is 23.4 Å². The normalized spacial score (nSPS) is 45.1. The molecule has 172 valence electrons. The Hall–Kier alpha value is -0.380. The average molecular weight is 419 g/mol. The van der Waals surface area contributed by atoms with Gasteiger partial charge in [-0.1, -0.05) is 52.2 Å². The summed E-state index contributed by atoms with van der Waals surface area (Å²) in [5, 5.41) is 18.9. The van der Waals surface area contributed by atoms with Crippen molar-refractivity contribution >= 4 is 0 Å². The third-order valence-electron chi connectivity index (χ3n) is 10.6. The molecule has 3 nitrogen and oxygen atoms in total. The minimum Gasteiger partial charge on any atom is -0.393 e. The molecule has 4 aliphatic carbocycles. The van der Waals surface area contributed by atoms with Gasteiger partial charge in [-0.3, -0.25) is 5.26 Å². The second-order valence-electron chi connectivity index (χ2n) is 12.2. The Bertz CT molecular complexity index is 630. The summed E-state index contributed by atoms with van der Waals surface area (Å²) in [5.74, 6) is 4.73. The molecule has 0 spiro atoms. The Morgan fingerprint density at radius 1 is 1.07 bits per heavy atom. The SMILES string of the molecule is CC(CCC[C@@H](C)[C@H]1CC[C@H]2[C@@H]3CC=C4C[C@@H](O)CC[C@]4(C)[C@H]3CC[C@]12C)COO. The van der Waals surface area contributed by atoms with Crippen molar-refractivity contribution in [3.8, 4) is 0 Å². The monoisotopic (exact) mass is 418 g/mol. The summed E-state index contributed by atoms with van der Waals surface area (Å²) in [6.45, 7) is 10.3. The standard InChI is InChI=1S/C27H46O3/c1-18(17-30-29)6-5-7-19(2)23-10-11-24-22-9-8-20-16-21(28)12-14-26(20,3)25(22)13-15-27(23,24)4/h8,18-19,21-25,28-29H,5-7,9-17H2,1-4H3/t18?,19-,21+,22+,23-,24+,25+,26+,27-/m1/s1. The van der Waals surface area contributed by atoms with Gasteiger partial charge in [-0.2, -0.15) is 0 Å². The molecule has 3 heteroatoms. The van der Waals surface area contributed by atoms with Crippen molar-refractivity contribution in [2.24, 2.45) is 46.3 Å². The Morgan fingerprint density at radius 2 is 1.87 bits per heavy atom. The van der Waals surface area contributed by atoms with E-state index in [1.165, 1.54) is 51.4 Å². The molecule has 2 N–H and O–H groups in total. The quantitative estimate of drug-likeness (QED) is 0.270. The molecule has 0 saturated heterocycles. The number of hydrogen-bond donors (Lipinski definition) is 2. The third kappa shape index (κ3) is 3.92. The summed E-state index contributed by atoms with van der Waals surface area (Å²) in [4.78, 5) is 4.33. The molecule has 4 aliphatic rings. The van der Waals surface area contributed by atoms with E-state index in [4.69, 9.17) is 5.26 Å². The third-order valence-corrected chi connectivity index (χ3v) is 10.6. The van der Waals surface area contributed by atoms with E-state index in [1.807, 2.05) is 0 Å². The van der Waals surface area contributed by atoms with Gasteiger partial charge in [-0.15, -0.1) is 0 Å². The lowest BCUT2D eigenvalue weighted by atomic mass is 9.47. The highest BCUT2D eigenvalue weighted by Crippen LogP contribution is 2.67. The first-order valence-corrected chi connectivity index (χ1v) is 12.9. The summed E-state index contributed by atoms with van der Waals surface area (Å²) in [7, 11) is 0. The minimum absolute atomic E-state index is 0.0990. The average Bonchev–Trinajstić information content (AvgIpc) is 3.06. The maximum Gasteiger partial charge on any atom is 0.0845 e. The van der Waals surface area contributed by atoms with E-state index >= 15 is 0 Å². The van der Waals surface area contributed by atoms with Gasteiger partial charge in [0.15, 0.2) is 0 Å². The molecule has 4 rings (SSSR count).